The topological polar surface area (TPSA) is 65.8 Å². The van der Waals surface area contributed by atoms with Gasteiger partial charge in [-0.05, 0) is 38.1 Å². The number of morpholine rings is 1. The third-order valence-corrected chi connectivity index (χ3v) is 3.87. The Kier molecular flexibility index (Phi) is 5.81. The molecule has 24 heavy (non-hydrogen) atoms. The zero-order valence-electron chi connectivity index (χ0n) is 14.8. The van der Waals surface area contributed by atoms with Crippen LogP contribution >= 0.6 is 0 Å². The van der Waals surface area contributed by atoms with E-state index in [9.17, 15) is 4.79 Å². The fourth-order valence-corrected chi connectivity index (χ4v) is 2.73. The Morgan fingerprint density at radius 1 is 1.42 bits per heavy atom. The minimum absolute atomic E-state index is 0.0597. The first-order chi connectivity index (χ1) is 11.3. The molecule has 1 heterocycles. The molecule has 0 unspecified atom stereocenters. The molecule has 0 saturated carbocycles. The molecular weight excluding hydrogens is 306 g/mol. The van der Waals surface area contributed by atoms with E-state index in [0.717, 1.165) is 12.2 Å². The van der Waals surface area contributed by atoms with Gasteiger partial charge in [-0.1, -0.05) is 0 Å². The summed E-state index contributed by atoms with van der Waals surface area (Å²) in [6, 6.07) is 9.67. The van der Waals surface area contributed by atoms with Gasteiger partial charge in [0.25, 0.3) is 0 Å². The molecule has 1 aromatic carbocycles. The fraction of sp³-hybridized carbons (Fsp3) is 0.556. The number of carbonyl (C=O) groups excluding carboxylic acids is 1. The number of likely N-dealkylation sites (N-methyl/N-ethyl adjacent to an activating group) is 1. The van der Waals surface area contributed by atoms with Crippen molar-refractivity contribution in [1.29, 1.82) is 5.26 Å². The van der Waals surface area contributed by atoms with Crippen molar-refractivity contribution in [1.82, 2.24) is 4.90 Å². The molecule has 130 valence electrons. The van der Waals surface area contributed by atoms with Gasteiger partial charge in [0, 0.05) is 32.9 Å². The fourth-order valence-electron chi connectivity index (χ4n) is 2.73. The highest BCUT2D eigenvalue weighted by atomic mass is 16.5. The predicted molar refractivity (Wildman–Crippen MR) is 91.8 cm³/mol. The zero-order valence-corrected chi connectivity index (χ0v) is 14.8. The lowest BCUT2D eigenvalue weighted by molar-refractivity contribution is -0.139. The Bertz CT molecular complexity index is 605. The van der Waals surface area contributed by atoms with Gasteiger partial charge in [-0.15, -0.1) is 0 Å². The van der Waals surface area contributed by atoms with Gasteiger partial charge in [0.15, 0.2) is 0 Å². The van der Waals surface area contributed by atoms with E-state index in [2.05, 4.69) is 11.0 Å². The van der Waals surface area contributed by atoms with Gasteiger partial charge in [-0.3, -0.25) is 4.79 Å². The van der Waals surface area contributed by atoms with Crippen molar-refractivity contribution in [2.75, 3.05) is 45.3 Å². The summed E-state index contributed by atoms with van der Waals surface area (Å²) in [6.45, 7) is 5.96. The van der Waals surface area contributed by atoms with Crippen molar-refractivity contribution in [3.63, 3.8) is 0 Å². The Hall–Kier alpha value is -2.10. The lowest BCUT2D eigenvalue weighted by Crippen LogP contribution is -2.54. The van der Waals surface area contributed by atoms with E-state index in [-0.39, 0.29) is 24.2 Å². The number of rotatable bonds is 5. The average molecular weight is 331 g/mol. The number of carbonyl (C=O) groups is 1. The Morgan fingerprint density at radius 2 is 2.08 bits per heavy atom. The average Bonchev–Trinajstić information content (AvgIpc) is 2.53. The summed E-state index contributed by atoms with van der Waals surface area (Å²) < 4.78 is 11.6. The van der Waals surface area contributed by atoms with Gasteiger partial charge in [-0.25, -0.2) is 0 Å². The second-order valence-corrected chi connectivity index (χ2v) is 6.84. The molecule has 0 N–H and O–H groups in total. The number of nitriles is 1. The van der Waals surface area contributed by atoms with Crippen LogP contribution in [0.5, 0.6) is 0 Å². The van der Waals surface area contributed by atoms with E-state index in [1.165, 1.54) is 4.90 Å². The number of hydrogen-bond acceptors (Lipinski definition) is 5. The van der Waals surface area contributed by atoms with Crippen molar-refractivity contribution in [3.8, 4) is 6.07 Å². The third kappa shape index (κ3) is 4.95. The Balaban J connectivity index is 1.98. The second-order valence-electron chi connectivity index (χ2n) is 6.84. The largest absolute Gasteiger partial charge is 0.369 e. The molecule has 1 fully saturated rings. The minimum Gasteiger partial charge on any atom is -0.369 e. The molecule has 2 rings (SSSR count). The molecule has 6 heteroatoms. The summed E-state index contributed by atoms with van der Waals surface area (Å²) in [5.41, 5.74) is 1.39. The van der Waals surface area contributed by atoms with E-state index in [1.54, 1.807) is 14.1 Å². The summed E-state index contributed by atoms with van der Waals surface area (Å²) in [4.78, 5) is 15.3. The zero-order chi connectivity index (χ0) is 17.7. The lowest BCUT2D eigenvalue weighted by Gasteiger charge is -2.43. The predicted octanol–water partition coefficient (Wildman–Crippen LogP) is 1.65. The molecule has 1 amide bonds. The molecule has 0 bridgehead atoms. The number of amides is 1. The SMILES string of the molecule is CN(C)C(=O)COC[C@H]1CN(c2ccc(C#N)cc2)CC(C)(C)O1. The smallest absolute Gasteiger partial charge is 0.248 e. The minimum atomic E-state index is -0.314. The van der Waals surface area contributed by atoms with Crippen molar-refractivity contribution < 1.29 is 14.3 Å². The molecule has 1 aliphatic heterocycles. The van der Waals surface area contributed by atoms with Crippen LogP contribution in [0.1, 0.15) is 19.4 Å². The molecule has 0 radical (unpaired) electrons. The summed E-state index contributed by atoms with van der Waals surface area (Å²) >= 11 is 0. The van der Waals surface area contributed by atoms with Crippen LogP contribution in [0.2, 0.25) is 0 Å². The molecule has 0 spiro atoms. The van der Waals surface area contributed by atoms with Crippen molar-refractivity contribution in [2.24, 2.45) is 0 Å². The van der Waals surface area contributed by atoms with Gasteiger partial charge in [0.05, 0.1) is 29.9 Å². The number of hydrogen-bond donors (Lipinski definition) is 0. The maximum absolute atomic E-state index is 11.6. The molecule has 1 saturated heterocycles. The highest BCUT2D eigenvalue weighted by molar-refractivity contribution is 5.76. The first-order valence-electron chi connectivity index (χ1n) is 8.01. The van der Waals surface area contributed by atoms with Gasteiger partial charge in [-0.2, -0.15) is 5.26 Å². The van der Waals surface area contributed by atoms with Gasteiger partial charge in [0.2, 0.25) is 5.91 Å². The number of ether oxygens (including phenoxy) is 2. The summed E-state index contributed by atoms with van der Waals surface area (Å²) in [5.74, 6) is -0.0611. The summed E-state index contributed by atoms with van der Waals surface area (Å²) in [7, 11) is 3.41. The van der Waals surface area contributed by atoms with E-state index < -0.39 is 0 Å². The number of nitrogens with zero attached hydrogens (tertiary/aromatic N) is 3. The van der Waals surface area contributed by atoms with Crippen LogP contribution in [0.25, 0.3) is 0 Å². The highest BCUT2D eigenvalue weighted by Gasteiger charge is 2.33. The van der Waals surface area contributed by atoms with E-state index in [4.69, 9.17) is 14.7 Å². The molecule has 1 atom stereocenters. The first kappa shape index (κ1) is 18.2. The number of benzene rings is 1. The molecular formula is C18H25N3O3. The van der Waals surface area contributed by atoms with Gasteiger partial charge in [0.1, 0.15) is 6.61 Å². The van der Waals surface area contributed by atoms with Crippen LogP contribution < -0.4 is 4.90 Å². The van der Waals surface area contributed by atoms with Crippen LogP contribution in [0.4, 0.5) is 5.69 Å². The van der Waals surface area contributed by atoms with Crippen molar-refractivity contribution in [2.45, 2.75) is 25.6 Å². The van der Waals surface area contributed by atoms with E-state index in [0.29, 0.717) is 18.7 Å². The van der Waals surface area contributed by atoms with E-state index >= 15 is 0 Å². The number of anilines is 1. The standard InChI is InChI=1S/C18H25N3O3/c1-18(2)13-21(15-7-5-14(9-19)6-8-15)10-16(24-18)11-23-12-17(22)20(3)4/h5-8,16H,10-13H2,1-4H3/t16-/m1/s1. The van der Waals surface area contributed by atoms with Crippen LogP contribution in [0, 0.1) is 11.3 Å². The van der Waals surface area contributed by atoms with Gasteiger partial charge < -0.3 is 19.3 Å². The van der Waals surface area contributed by atoms with Gasteiger partial charge >= 0.3 is 0 Å². The van der Waals surface area contributed by atoms with Crippen molar-refractivity contribution in [3.05, 3.63) is 29.8 Å². The Labute approximate surface area is 143 Å². The van der Waals surface area contributed by atoms with Crippen LogP contribution in [-0.2, 0) is 14.3 Å². The quantitative estimate of drug-likeness (QED) is 0.821. The molecule has 0 aromatic heterocycles. The third-order valence-electron chi connectivity index (χ3n) is 3.87. The first-order valence-corrected chi connectivity index (χ1v) is 8.01. The summed E-state index contributed by atoms with van der Waals surface area (Å²) in [6.07, 6.45) is -0.112. The molecule has 6 nitrogen and oxygen atoms in total. The Morgan fingerprint density at radius 3 is 2.67 bits per heavy atom. The lowest BCUT2D eigenvalue weighted by atomic mass is 10.0. The maximum atomic E-state index is 11.6. The van der Waals surface area contributed by atoms with Crippen molar-refractivity contribution >= 4 is 11.6 Å². The van der Waals surface area contributed by atoms with E-state index in [1.807, 2.05) is 38.1 Å². The van der Waals surface area contributed by atoms with Crippen LogP contribution in [0.3, 0.4) is 0 Å². The maximum Gasteiger partial charge on any atom is 0.248 e. The molecule has 1 aliphatic rings. The van der Waals surface area contributed by atoms with Crippen LogP contribution in [-0.4, -0.2) is 62.9 Å². The highest BCUT2D eigenvalue weighted by Crippen LogP contribution is 2.26. The monoisotopic (exact) mass is 331 g/mol. The molecule has 0 aliphatic carbocycles. The van der Waals surface area contributed by atoms with Crippen LogP contribution in [0.15, 0.2) is 24.3 Å². The normalized spacial score (nSPS) is 19.6. The summed E-state index contributed by atoms with van der Waals surface area (Å²) in [5, 5.41) is 8.91. The molecule has 1 aromatic rings. The second kappa shape index (κ2) is 7.65.